The number of benzene rings is 1. The molecule has 162 valence electrons. The van der Waals surface area contributed by atoms with Crippen LogP contribution in [0.3, 0.4) is 0 Å². The van der Waals surface area contributed by atoms with Gasteiger partial charge in [0, 0.05) is 18.8 Å². The zero-order chi connectivity index (χ0) is 20.8. The van der Waals surface area contributed by atoms with Crippen LogP contribution in [-0.4, -0.2) is 70.7 Å². The number of nitrogens with two attached hydrogens (primary N) is 1. The van der Waals surface area contributed by atoms with Gasteiger partial charge < -0.3 is 15.8 Å². The number of likely N-dealkylation sites (tertiary alicyclic amines) is 1. The van der Waals surface area contributed by atoms with E-state index >= 15 is 0 Å². The molecule has 3 N–H and O–H groups in total. The fourth-order valence-electron chi connectivity index (χ4n) is 4.05. The van der Waals surface area contributed by atoms with Crippen LogP contribution in [-0.2, 0) is 11.3 Å². The predicted molar refractivity (Wildman–Crippen MR) is 114 cm³/mol. The molecule has 3 heterocycles. The van der Waals surface area contributed by atoms with Gasteiger partial charge in [0.1, 0.15) is 11.6 Å². The summed E-state index contributed by atoms with van der Waals surface area (Å²) in [7, 11) is 0. The Morgan fingerprint density at radius 2 is 1.73 bits per heavy atom. The summed E-state index contributed by atoms with van der Waals surface area (Å²) in [6, 6.07) is 6.04. The molecule has 0 atom stereocenters. The first-order chi connectivity index (χ1) is 14.6. The fraction of sp³-hybridized carbons (Fsp3) is 0.571. The summed E-state index contributed by atoms with van der Waals surface area (Å²) in [5.74, 6) is 1.71. The number of halogens is 1. The molecular weight excluding hydrogens is 385 g/mol. The Bertz CT molecular complexity index is 806. The van der Waals surface area contributed by atoms with Crippen LogP contribution in [0.5, 0.6) is 0 Å². The summed E-state index contributed by atoms with van der Waals surface area (Å²) in [6.07, 6.45) is 3.66. The van der Waals surface area contributed by atoms with Gasteiger partial charge in [0.25, 0.3) is 0 Å². The maximum Gasteiger partial charge on any atom is 0.232 e. The molecule has 0 spiro atoms. The van der Waals surface area contributed by atoms with Gasteiger partial charge in [-0.15, -0.1) is 0 Å². The van der Waals surface area contributed by atoms with E-state index in [1.165, 1.54) is 37.9 Å². The Kier molecular flexibility index (Phi) is 7.03. The van der Waals surface area contributed by atoms with Crippen LogP contribution in [0.1, 0.15) is 25.1 Å². The first-order valence-corrected chi connectivity index (χ1v) is 10.7. The number of piperidine rings is 1. The highest BCUT2D eigenvalue weighted by Gasteiger charge is 2.21. The number of hydrogen-bond acceptors (Lipinski definition) is 8. The summed E-state index contributed by atoms with van der Waals surface area (Å²) in [4.78, 5) is 17.8. The Morgan fingerprint density at radius 1 is 1.00 bits per heavy atom. The number of hydrogen-bond donors (Lipinski definition) is 2. The monoisotopic (exact) mass is 415 g/mol. The van der Waals surface area contributed by atoms with Crippen LogP contribution in [0.15, 0.2) is 24.3 Å². The molecule has 1 aromatic carbocycles. The zero-order valence-corrected chi connectivity index (χ0v) is 17.3. The van der Waals surface area contributed by atoms with Gasteiger partial charge in [0.15, 0.2) is 0 Å². The topological polar surface area (TPSA) is 92.4 Å². The number of nitrogens with one attached hydrogen (secondary N) is 1. The Morgan fingerprint density at radius 3 is 2.47 bits per heavy atom. The van der Waals surface area contributed by atoms with E-state index in [4.69, 9.17) is 10.5 Å². The molecule has 2 saturated heterocycles. The minimum absolute atomic E-state index is 0.185. The van der Waals surface area contributed by atoms with Crippen LogP contribution in [0.4, 0.5) is 22.0 Å². The van der Waals surface area contributed by atoms with Crippen molar-refractivity contribution in [2.75, 3.05) is 57.0 Å². The molecule has 2 aromatic rings. The molecule has 2 fully saturated rings. The molecule has 0 unspecified atom stereocenters. The SMILES string of the molecule is Nc1nc(CN2CCC(CCN3CCOCC3)CC2)nc(Nc2ccc(F)cc2)n1. The third kappa shape index (κ3) is 6.07. The minimum atomic E-state index is -0.287. The number of aromatic nitrogens is 3. The van der Waals surface area contributed by atoms with Crippen molar-refractivity contribution in [3.63, 3.8) is 0 Å². The van der Waals surface area contributed by atoms with Crippen LogP contribution >= 0.6 is 0 Å². The number of anilines is 3. The maximum atomic E-state index is 13.1. The van der Waals surface area contributed by atoms with Gasteiger partial charge in [0.2, 0.25) is 11.9 Å². The van der Waals surface area contributed by atoms with E-state index in [1.54, 1.807) is 12.1 Å². The van der Waals surface area contributed by atoms with Gasteiger partial charge in [0.05, 0.1) is 19.8 Å². The quantitative estimate of drug-likeness (QED) is 0.712. The molecule has 0 aliphatic carbocycles. The van der Waals surface area contributed by atoms with Crippen LogP contribution in [0.2, 0.25) is 0 Å². The van der Waals surface area contributed by atoms with Gasteiger partial charge in [-0.3, -0.25) is 9.80 Å². The standard InChI is InChI=1S/C21H30FN7O/c22-17-1-3-18(4-2-17)24-21-26-19(25-20(23)27-21)15-29-9-6-16(7-10-29)5-8-28-11-13-30-14-12-28/h1-4,16H,5-15H2,(H3,23,24,25,26,27). The van der Waals surface area contributed by atoms with Gasteiger partial charge in [-0.05, 0) is 69.1 Å². The lowest BCUT2D eigenvalue weighted by Gasteiger charge is -2.33. The molecule has 0 bridgehead atoms. The molecular formula is C21H30FN7O. The second-order valence-electron chi connectivity index (χ2n) is 8.03. The summed E-state index contributed by atoms with van der Waals surface area (Å²) in [6.45, 7) is 7.77. The number of nitrogens with zero attached hydrogens (tertiary/aromatic N) is 5. The predicted octanol–water partition coefficient (Wildman–Crippen LogP) is 2.27. The lowest BCUT2D eigenvalue weighted by Crippen LogP contribution is -2.39. The van der Waals surface area contributed by atoms with E-state index in [9.17, 15) is 4.39 Å². The highest BCUT2D eigenvalue weighted by atomic mass is 19.1. The van der Waals surface area contributed by atoms with E-state index in [0.29, 0.717) is 24.0 Å². The highest BCUT2D eigenvalue weighted by Crippen LogP contribution is 2.22. The second kappa shape index (κ2) is 10.1. The lowest BCUT2D eigenvalue weighted by molar-refractivity contribution is 0.0334. The van der Waals surface area contributed by atoms with Crippen molar-refractivity contribution in [2.45, 2.75) is 25.8 Å². The first kappa shape index (κ1) is 20.9. The summed E-state index contributed by atoms with van der Waals surface area (Å²) in [5.41, 5.74) is 6.58. The van der Waals surface area contributed by atoms with Crippen molar-refractivity contribution in [2.24, 2.45) is 5.92 Å². The van der Waals surface area contributed by atoms with Gasteiger partial charge in [-0.25, -0.2) is 4.39 Å². The van der Waals surface area contributed by atoms with Crippen molar-refractivity contribution in [1.82, 2.24) is 24.8 Å². The lowest BCUT2D eigenvalue weighted by atomic mass is 9.93. The van der Waals surface area contributed by atoms with E-state index < -0.39 is 0 Å². The van der Waals surface area contributed by atoms with E-state index in [1.807, 2.05) is 0 Å². The van der Waals surface area contributed by atoms with Crippen molar-refractivity contribution in [3.8, 4) is 0 Å². The normalized spacial score (nSPS) is 19.1. The smallest absolute Gasteiger partial charge is 0.232 e. The molecule has 8 nitrogen and oxygen atoms in total. The third-order valence-electron chi connectivity index (χ3n) is 5.83. The third-order valence-corrected chi connectivity index (χ3v) is 5.83. The van der Waals surface area contributed by atoms with E-state index in [-0.39, 0.29) is 11.8 Å². The van der Waals surface area contributed by atoms with Gasteiger partial charge in [-0.2, -0.15) is 15.0 Å². The average molecular weight is 416 g/mol. The molecule has 2 aliphatic heterocycles. The maximum absolute atomic E-state index is 13.1. The number of ether oxygens (including phenoxy) is 1. The first-order valence-electron chi connectivity index (χ1n) is 10.7. The minimum Gasteiger partial charge on any atom is -0.379 e. The Labute approximate surface area is 176 Å². The molecule has 1 aromatic heterocycles. The van der Waals surface area contributed by atoms with Gasteiger partial charge in [-0.1, -0.05) is 0 Å². The fourth-order valence-corrected chi connectivity index (χ4v) is 4.05. The van der Waals surface area contributed by atoms with E-state index in [2.05, 4.69) is 30.1 Å². The Balaban J connectivity index is 1.26. The van der Waals surface area contributed by atoms with Crippen LogP contribution < -0.4 is 11.1 Å². The highest BCUT2D eigenvalue weighted by molar-refractivity contribution is 5.53. The number of nitrogen functional groups attached to an aromatic ring is 1. The number of rotatable bonds is 7. The van der Waals surface area contributed by atoms with Crippen molar-refractivity contribution >= 4 is 17.6 Å². The average Bonchev–Trinajstić information content (AvgIpc) is 2.75. The zero-order valence-electron chi connectivity index (χ0n) is 17.3. The number of morpholine rings is 1. The molecule has 0 saturated carbocycles. The molecule has 4 rings (SSSR count). The molecule has 2 aliphatic rings. The molecule has 30 heavy (non-hydrogen) atoms. The van der Waals surface area contributed by atoms with Crippen molar-refractivity contribution < 1.29 is 9.13 Å². The van der Waals surface area contributed by atoms with Crippen LogP contribution in [0, 0.1) is 11.7 Å². The Hall–Kier alpha value is -2.36. The summed E-state index contributed by atoms with van der Waals surface area (Å²) in [5, 5.41) is 3.06. The van der Waals surface area contributed by atoms with Crippen molar-refractivity contribution in [3.05, 3.63) is 35.9 Å². The van der Waals surface area contributed by atoms with Crippen molar-refractivity contribution in [1.29, 1.82) is 0 Å². The molecule has 9 heteroatoms. The summed E-state index contributed by atoms with van der Waals surface area (Å²) < 4.78 is 18.5. The van der Waals surface area contributed by atoms with Gasteiger partial charge >= 0.3 is 0 Å². The largest absolute Gasteiger partial charge is 0.379 e. The summed E-state index contributed by atoms with van der Waals surface area (Å²) >= 11 is 0. The van der Waals surface area contributed by atoms with Crippen LogP contribution in [0.25, 0.3) is 0 Å². The second-order valence-corrected chi connectivity index (χ2v) is 8.03. The molecule has 0 radical (unpaired) electrons. The van der Waals surface area contributed by atoms with E-state index in [0.717, 1.165) is 45.3 Å². The molecule has 0 amide bonds.